The van der Waals surface area contributed by atoms with E-state index in [1.165, 1.54) is 0 Å². The summed E-state index contributed by atoms with van der Waals surface area (Å²) in [6.07, 6.45) is 2.61. The van der Waals surface area contributed by atoms with E-state index in [2.05, 4.69) is 15.2 Å². The first kappa shape index (κ1) is 13.4. The summed E-state index contributed by atoms with van der Waals surface area (Å²) in [5.74, 6) is 0.293. The first-order valence-corrected chi connectivity index (χ1v) is 7.60. The number of nitrogens with zero attached hydrogens (tertiary/aromatic N) is 5. The summed E-state index contributed by atoms with van der Waals surface area (Å²) in [6.45, 7) is 2.60. The third kappa shape index (κ3) is 3.27. The fourth-order valence-corrected chi connectivity index (χ4v) is 3.57. The molecular weight excluding hydrogens is 254 g/mol. The van der Waals surface area contributed by atoms with Crippen LogP contribution in [0.2, 0.25) is 0 Å². The van der Waals surface area contributed by atoms with Gasteiger partial charge in [0.25, 0.3) is 0 Å². The van der Waals surface area contributed by atoms with Gasteiger partial charge in [0.05, 0.1) is 11.4 Å². The molecule has 0 unspecified atom stereocenters. The van der Waals surface area contributed by atoms with Gasteiger partial charge in [-0.15, -0.1) is 5.10 Å². The van der Waals surface area contributed by atoms with E-state index in [1.54, 1.807) is 8.99 Å². The van der Waals surface area contributed by atoms with E-state index in [1.807, 2.05) is 20.3 Å². The van der Waals surface area contributed by atoms with Crippen LogP contribution in [0.5, 0.6) is 0 Å². The lowest BCUT2D eigenvalue weighted by molar-refractivity contribution is 0.290. The highest BCUT2D eigenvalue weighted by atomic mass is 32.2. The first-order valence-electron chi connectivity index (χ1n) is 5.99. The van der Waals surface area contributed by atoms with Crippen LogP contribution < -0.4 is 0 Å². The molecule has 102 valence electrons. The number of likely N-dealkylation sites (N-methyl/N-ethyl adjacent to an activating group) is 1. The largest absolute Gasteiger partial charge is 0.299 e. The summed E-state index contributed by atoms with van der Waals surface area (Å²) < 4.78 is 26.5. The van der Waals surface area contributed by atoms with Crippen molar-refractivity contribution < 1.29 is 8.42 Å². The number of hydrogen-bond donors (Lipinski definition) is 0. The van der Waals surface area contributed by atoms with E-state index >= 15 is 0 Å². The maximum Gasteiger partial charge on any atom is 0.214 e. The van der Waals surface area contributed by atoms with Gasteiger partial charge in [-0.2, -0.15) is 0 Å². The summed E-state index contributed by atoms with van der Waals surface area (Å²) in [4.78, 5) is 2.05. The van der Waals surface area contributed by atoms with Crippen molar-refractivity contribution in [1.82, 2.24) is 24.2 Å². The van der Waals surface area contributed by atoms with Crippen LogP contribution in [0.3, 0.4) is 0 Å². The van der Waals surface area contributed by atoms with Crippen LogP contribution in [-0.4, -0.2) is 65.1 Å². The molecule has 0 aliphatic carbocycles. The normalized spacial score (nSPS) is 19.7. The molecule has 1 aromatic heterocycles. The van der Waals surface area contributed by atoms with Crippen molar-refractivity contribution in [3.05, 3.63) is 11.9 Å². The van der Waals surface area contributed by atoms with Crippen LogP contribution in [-0.2, 0) is 23.6 Å². The minimum absolute atomic E-state index is 0.293. The van der Waals surface area contributed by atoms with E-state index < -0.39 is 10.0 Å². The standard InChI is InChI=1S/C10H19N5O2S/c1-13(8-10-9-14(2)12-11-10)5-6-15-4-3-7-18(15,16)17/h9H,3-8H2,1-2H3. The molecule has 0 radical (unpaired) electrons. The quantitative estimate of drug-likeness (QED) is 0.708. The Morgan fingerprint density at radius 3 is 2.83 bits per heavy atom. The molecule has 0 aromatic carbocycles. The molecule has 0 saturated carbocycles. The minimum atomic E-state index is -2.98. The van der Waals surface area contributed by atoms with Gasteiger partial charge in [-0.25, -0.2) is 12.7 Å². The summed E-state index contributed by atoms with van der Waals surface area (Å²) in [6, 6.07) is 0. The Hall–Kier alpha value is -0.990. The molecule has 1 aliphatic rings. The van der Waals surface area contributed by atoms with Crippen LogP contribution in [0.1, 0.15) is 12.1 Å². The SMILES string of the molecule is CN(CCN1CCCS1(=O)=O)Cc1cn(C)nn1. The molecule has 7 nitrogen and oxygen atoms in total. The third-order valence-corrected chi connectivity index (χ3v) is 4.97. The Kier molecular flexibility index (Phi) is 3.98. The number of aromatic nitrogens is 3. The predicted octanol–water partition coefficient (Wildman–Crippen LogP) is -0.718. The van der Waals surface area contributed by atoms with Crippen LogP contribution in [0.15, 0.2) is 6.20 Å². The highest BCUT2D eigenvalue weighted by molar-refractivity contribution is 7.89. The Morgan fingerprint density at radius 1 is 1.50 bits per heavy atom. The molecule has 2 heterocycles. The zero-order valence-corrected chi connectivity index (χ0v) is 11.6. The van der Waals surface area contributed by atoms with Crippen LogP contribution in [0.25, 0.3) is 0 Å². The van der Waals surface area contributed by atoms with Crippen molar-refractivity contribution in [1.29, 1.82) is 0 Å². The van der Waals surface area contributed by atoms with Gasteiger partial charge in [0, 0.05) is 39.4 Å². The van der Waals surface area contributed by atoms with Crippen molar-refractivity contribution in [2.75, 3.05) is 32.4 Å². The maximum atomic E-state index is 11.6. The number of rotatable bonds is 5. The number of hydrogen-bond acceptors (Lipinski definition) is 5. The monoisotopic (exact) mass is 273 g/mol. The summed E-state index contributed by atoms with van der Waals surface area (Å²) >= 11 is 0. The molecule has 0 spiro atoms. The molecule has 1 fully saturated rings. The van der Waals surface area contributed by atoms with Crippen LogP contribution in [0, 0.1) is 0 Å². The lowest BCUT2D eigenvalue weighted by Gasteiger charge is -2.19. The molecule has 1 saturated heterocycles. The van der Waals surface area contributed by atoms with Gasteiger partial charge < -0.3 is 0 Å². The molecule has 8 heteroatoms. The van der Waals surface area contributed by atoms with E-state index in [0.717, 1.165) is 12.1 Å². The average Bonchev–Trinajstić information content (AvgIpc) is 2.82. The van der Waals surface area contributed by atoms with Gasteiger partial charge in [-0.05, 0) is 13.5 Å². The van der Waals surface area contributed by atoms with Gasteiger partial charge in [0.2, 0.25) is 10.0 Å². The Morgan fingerprint density at radius 2 is 2.28 bits per heavy atom. The van der Waals surface area contributed by atoms with Gasteiger partial charge in [-0.3, -0.25) is 9.58 Å². The lowest BCUT2D eigenvalue weighted by Crippen LogP contribution is -2.34. The zero-order valence-electron chi connectivity index (χ0n) is 10.8. The van der Waals surface area contributed by atoms with Crippen molar-refractivity contribution in [2.24, 2.45) is 7.05 Å². The van der Waals surface area contributed by atoms with Gasteiger partial charge >= 0.3 is 0 Å². The van der Waals surface area contributed by atoms with E-state index in [9.17, 15) is 8.42 Å². The molecule has 0 atom stereocenters. The van der Waals surface area contributed by atoms with Crippen LogP contribution in [0.4, 0.5) is 0 Å². The highest BCUT2D eigenvalue weighted by Gasteiger charge is 2.27. The fourth-order valence-electron chi connectivity index (χ4n) is 2.05. The Labute approximate surface area is 107 Å². The first-order chi connectivity index (χ1) is 8.47. The Bertz CT molecular complexity index is 498. The minimum Gasteiger partial charge on any atom is -0.299 e. The van der Waals surface area contributed by atoms with Crippen molar-refractivity contribution in [3.8, 4) is 0 Å². The number of aryl methyl sites for hydroxylation is 1. The third-order valence-electron chi connectivity index (χ3n) is 3.02. The summed E-state index contributed by atoms with van der Waals surface area (Å²) in [7, 11) is 0.806. The summed E-state index contributed by atoms with van der Waals surface area (Å²) in [5, 5.41) is 7.87. The average molecular weight is 273 g/mol. The second-order valence-electron chi connectivity index (χ2n) is 4.69. The predicted molar refractivity (Wildman–Crippen MR) is 67.3 cm³/mol. The molecule has 1 aliphatic heterocycles. The molecule has 0 amide bonds. The molecular formula is C10H19N5O2S. The molecule has 18 heavy (non-hydrogen) atoms. The van der Waals surface area contributed by atoms with E-state index in [4.69, 9.17) is 0 Å². The Balaban J connectivity index is 1.80. The molecule has 0 bridgehead atoms. The summed E-state index contributed by atoms with van der Waals surface area (Å²) in [5.41, 5.74) is 0.893. The van der Waals surface area contributed by atoms with Gasteiger partial charge in [0.15, 0.2) is 0 Å². The smallest absolute Gasteiger partial charge is 0.214 e. The lowest BCUT2D eigenvalue weighted by atomic mass is 10.4. The van der Waals surface area contributed by atoms with Crippen molar-refractivity contribution in [3.63, 3.8) is 0 Å². The number of sulfonamides is 1. The zero-order chi connectivity index (χ0) is 13.2. The fraction of sp³-hybridized carbons (Fsp3) is 0.800. The maximum absolute atomic E-state index is 11.6. The van der Waals surface area contributed by atoms with E-state index in [-0.39, 0.29) is 0 Å². The highest BCUT2D eigenvalue weighted by Crippen LogP contribution is 2.12. The molecule has 2 rings (SSSR count). The van der Waals surface area contributed by atoms with Crippen molar-refractivity contribution in [2.45, 2.75) is 13.0 Å². The van der Waals surface area contributed by atoms with E-state index in [0.29, 0.717) is 31.9 Å². The molecule has 0 N–H and O–H groups in total. The van der Waals surface area contributed by atoms with Gasteiger partial charge in [0.1, 0.15) is 0 Å². The topological polar surface area (TPSA) is 71.3 Å². The van der Waals surface area contributed by atoms with Crippen molar-refractivity contribution >= 4 is 10.0 Å². The second kappa shape index (κ2) is 5.33. The molecule has 1 aromatic rings. The van der Waals surface area contributed by atoms with Crippen LogP contribution >= 0.6 is 0 Å². The second-order valence-corrected chi connectivity index (χ2v) is 6.78. The van der Waals surface area contributed by atoms with Gasteiger partial charge in [-0.1, -0.05) is 5.21 Å².